The Labute approximate surface area is 124 Å². The summed E-state index contributed by atoms with van der Waals surface area (Å²) in [5.74, 6) is 0.935. The molecule has 2 aromatic heterocycles. The van der Waals surface area contributed by atoms with Crippen molar-refractivity contribution >= 4 is 0 Å². The summed E-state index contributed by atoms with van der Waals surface area (Å²) in [6.45, 7) is 2.11. The SMILES string of the molecule is CC(NC(c1ccccc1)c1ccncc1)c1ccco1. The van der Waals surface area contributed by atoms with Gasteiger partial charge in [0, 0.05) is 12.4 Å². The lowest BCUT2D eigenvalue weighted by Crippen LogP contribution is -2.25. The molecular formula is C18H18N2O. The van der Waals surface area contributed by atoms with E-state index in [2.05, 4.69) is 41.5 Å². The minimum atomic E-state index is 0.106. The zero-order valence-electron chi connectivity index (χ0n) is 11.9. The molecule has 0 spiro atoms. The van der Waals surface area contributed by atoms with Crippen molar-refractivity contribution in [3.05, 3.63) is 90.1 Å². The van der Waals surface area contributed by atoms with Gasteiger partial charge in [0.05, 0.1) is 18.3 Å². The van der Waals surface area contributed by atoms with Gasteiger partial charge in [0.25, 0.3) is 0 Å². The molecule has 2 unspecified atom stereocenters. The predicted octanol–water partition coefficient (Wildman–Crippen LogP) is 4.11. The Morgan fingerprint density at radius 3 is 2.29 bits per heavy atom. The Balaban J connectivity index is 1.90. The van der Waals surface area contributed by atoms with E-state index in [0.29, 0.717) is 0 Å². The lowest BCUT2D eigenvalue weighted by molar-refractivity contribution is 0.411. The van der Waals surface area contributed by atoms with E-state index in [4.69, 9.17) is 4.42 Å². The Morgan fingerprint density at radius 1 is 0.905 bits per heavy atom. The van der Waals surface area contributed by atoms with Crippen molar-refractivity contribution in [2.75, 3.05) is 0 Å². The second-order valence-electron chi connectivity index (χ2n) is 5.03. The van der Waals surface area contributed by atoms with Crippen molar-refractivity contribution in [1.29, 1.82) is 0 Å². The van der Waals surface area contributed by atoms with Gasteiger partial charge in [-0.1, -0.05) is 30.3 Å². The molecule has 2 atom stereocenters. The molecule has 1 aromatic carbocycles. The smallest absolute Gasteiger partial charge is 0.120 e. The lowest BCUT2D eigenvalue weighted by atomic mass is 9.98. The summed E-state index contributed by atoms with van der Waals surface area (Å²) in [4.78, 5) is 4.10. The zero-order chi connectivity index (χ0) is 14.5. The first kappa shape index (κ1) is 13.6. The van der Waals surface area contributed by atoms with Crippen molar-refractivity contribution in [3.63, 3.8) is 0 Å². The fraction of sp³-hybridized carbons (Fsp3) is 0.167. The second-order valence-corrected chi connectivity index (χ2v) is 5.03. The maximum atomic E-state index is 5.49. The van der Waals surface area contributed by atoms with Crippen LogP contribution in [0, 0.1) is 0 Å². The van der Waals surface area contributed by atoms with Crippen molar-refractivity contribution in [3.8, 4) is 0 Å². The summed E-state index contributed by atoms with van der Waals surface area (Å²) in [7, 11) is 0. The number of rotatable bonds is 5. The summed E-state index contributed by atoms with van der Waals surface area (Å²) in [5, 5.41) is 3.63. The van der Waals surface area contributed by atoms with Crippen molar-refractivity contribution in [1.82, 2.24) is 10.3 Å². The number of pyridine rings is 1. The average molecular weight is 278 g/mol. The van der Waals surface area contributed by atoms with Crippen LogP contribution in [0.5, 0.6) is 0 Å². The van der Waals surface area contributed by atoms with Crippen molar-refractivity contribution < 1.29 is 4.42 Å². The molecule has 0 saturated heterocycles. The van der Waals surface area contributed by atoms with E-state index in [-0.39, 0.29) is 12.1 Å². The van der Waals surface area contributed by atoms with E-state index < -0.39 is 0 Å². The van der Waals surface area contributed by atoms with Crippen LogP contribution in [0.4, 0.5) is 0 Å². The van der Waals surface area contributed by atoms with Crippen LogP contribution >= 0.6 is 0 Å². The highest BCUT2D eigenvalue weighted by atomic mass is 16.3. The van der Waals surface area contributed by atoms with Crippen LogP contribution in [0.25, 0.3) is 0 Å². The predicted molar refractivity (Wildman–Crippen MR) is 82.8 cm³/mol. The number of hydrogen-bond donors (Lipinski definition) is 1. The topological polar surface area (TPSA) is 38.1 Å². The summed E-state index contributed by atoms with van der Waals surface area (Å²) in [6.07, 6.45) is 5.35. The molecule has 3 heteroatoms. The van der Waals surface area contributed by atoms with E-state index in [0.717, 1.165) is 5.76 Å². The number of benzene rings is 1. The molecule has 0 radical (unpaired) electrons. The molecule has 21 heavy (non-hydrogen) atoms. The van der Waals surface area contributed by atoms with Gasteiger partial charge < -0.3 is 4.42 Å². The maximum Gasteiger partial charge on any atom is 0.120 e. The number of furan rings is 1. The number of hydrogen-bond acceptors (Lipinski definition) is 3. The molecule has 0 saturated carbocycles. The van der Waals surface area contributed by atoms with E-state index in [1.807, 2.05) is 42.7 Å². The highest BCUT2D eigenvalue weighted by Gasteiger charge is 2.18. The van der Waals surface area contributed by atoms with Gasteiger partial charge in [-0.3, -0.25) is 10.3 Å². The summed E-state index contributed by atoms with van der Waals surface area (Å²) < 4.78 is 5.49. The van der Waals surface area contributed by atoms with Gasteiger partial charge in [0.1, 0.15) is 5.76 Å². The van der Waals surface area contributed by atoms with Gasteiger partial charge in [0.2, 0.25) is 0 Å². The van der Waals surface area contributed by atoms with Crippen molar-refractivity contribution in [2.45, 2.75) is 19.0 Å². The average Bonchev–Trinajstić information content (AvgIpc) is 3.09. The normalized spacial score (nSPS) is 13.8. The number of aromatic nitrogens is 1. The number of nitrogens with one attached hydrogen (secondary N) is 1. The molecule has 1 N–H and O–H groups in total. The van der Waals surface area contributed by atoms with Crippen LogP contribution in [0.15, 0.2) is 77.7 Å². The largest absolute Gasteiger partial charge is 0.468 e. The fourth-order valence-electron chi connectivity index (χ4n) is 2.46. The monoisotopic (exact) mass is 278 g/mol. The van der Waals surface area contributed by atoms with Gasteiger partial charge in [-0.05, 0) is 42.3 Å². The summed E-state index contributed by atoms with van der Waals surface area (Å²) in [5.41, 5.74) is 2.41. The Kier molecular flexibility index (Phi) is 4.12. The molecule has 0 bridgehead atoms. The van der Waals surface area contributed by atoms with Gasteiger partial charge >= 0.3 is 0 Å². The van der Waals surface area contributed by atoms with Gasteiger partial charge in [-0.15, -0.1) is 0 Å². The van der Waals surface area contributed by atoms with Gasteiger partial charge in [-0.25, -0.2) is 0 Å². The third-order valence-corrected chi connectivity index (χ3v) is 3.56. The standard InChI is InChI=1S/C18H18N2O/c1-14(17-8-5-13-21-17)20-18(15-6-3-2-4-7-15)16-9-11-19-12-10-16/h2-14,18,20H,1H3. The third kappa shape index (κ3) is 3.20. The molecule has 3 aromatic rings. The summed E-state index contributed by atoms with van der Waals surface area (Å²) in [6, 6.07) is 18.6. The third-order valence-electron chi connectivity index (χ3n) is 3.56. The molecule has 0 aliphatic rings. The lowest BCUT2D eigenvalue weighted by Gasteiger charge is -2.23. The maximum absolute atomic E-state index is 5.49. The Morgan fingerprint density at radius 2 is 1.62 bits per heavy atom. The van der Waals surface area contributed by atoms with Crippen LogP contribution in [0.3, 0.4) is 0 Å². The zero-order valence-corrected chi connectivity index (χ0v) is 11.9. The van der Waals surface area contributed by atoms with Crippen LogP contribution < -0.4 is 5.32 Å². The van der Waals surface area contributed by atoms with E-state index in [1.54, 1.807) is 6.26 Å². The van der Waals surface area contributed by atoms with Gasteiger partial charge in [0.15, 0.2) is 0 Å². The first-order valence-electron chi connectivity index (χ1n) is 7.09. The molecule has 106 valence electrons. The molecule has 3 nitrogen and oxygen atoms in total. The van der Waals surface area contributed by atoms with Crippen LogP contribution in [0.1, 0.15) is 35.9 Å². The Hall–Kier alpha value is -2.39. The van der Waals surface area contributed by atoms with Crippen LogP contribution in [-0.2, 0) is 0 Å². The molecule has 0 aliphatic carbocycles. The Bertz CT molecular complexity index is 611. The van der Waals surface area contributed by atoms with E-state index in [1.165, 1.54) is 11.1 Å². The molecule has 0 aliphatic heterocycles. The van der Waals surface area contributed by atoms with Crippen LogP contribution in [-0.4, -0.2) is 4.98 Å². The van der Waals surface area contributed by atoms with Gasteiger partial charge in [-0.2, -0.15) is 0 Å². The minimum Gasteiger partial charge on any atom is -0.468 e. The minimum absolute atomic E-state index is 0.106. The first-order chi connectivity index (χ1) is 10.3. The van der Waals surface area contributed by atoms with E-state index in [9.17, 15) is 0 Å². The highest BCUT2D eigenvalue weighted by molar-refractivity contribution is 5.30. The van der Waals surface area contributed by atoms with Crippen LogP contribution in [0.2, 0.25) is 0 Å². The number of nitrogens with zero attached hydrogens (tertiary/aromatic N) is 1. The second kappa shape index (κ2) is 6.37. The van der Waals surface area contributed by atoms with Crippen molar-refractivity contribution in [2.24, 2.45) is 0 Å². The molecule has 0 fully saturated rings. The molecular weight excluding hydrogens is 260 g/mol. The molecule has 3 rings (SSSR count). The fourth-order valence-corrected chi connectivity index (χ4v) is 2.46. The highest BCUT2D eigenvalue weighted by Crippen LogP contribution is 2.25. The summed E-state index contributed by atoms with van der Waals surface area (Å²) >= 11 is 0. The quantitative estimate of drug-likeness (QED) is 0.763. The molecule has 2 heterocycles. The molecule has 0 amide bonds. The first-order valence-corrected chi connectivity index (χ1v) is 7.09. The van der Waals surface area contributed by atoms with E-state index >= 15 is 0 Å².